The number of amides is 1. The number of hydrogen-bond donors (Lipinski definition) is 0. The molecule has 1 aromatic rings. The van der Waals surface area contributed by atoms with E-state index in [2.05, 4.69) is 0 Å². The molecule has 22 heavy (non-hydrogen) atoms. The monoisotopic (exact) mass is 305 g/mol. The van der Waals surface area contributed by atoms with Crippen LogP contribution in [0.3, 0.4) is 0 Å². The summed E-state index contributed by atoms with van der Waals surface area (Å²) in [6.07, 6.45) is 4.62. The molecule has 0 N–H and O–H groups in total. The highest BCUT2D eigenvalue weighted by Crippen LogP contribution is 2.31. The Kier molecular flexibility index (Phi) is 4.52. The van der Waals surface area contributed by atoms with Gasteiger partial charge in [0.05, 0.1) is 33.0 Å². The minimum absolute atomic E-state index is 0.0393. The van der Waals surface area contributed by atoms with Gasteiger partial charge in [0.2, 0.25) is 0 Å². The number of ether oxygens (including phenoxy) is 3. The van der Waals surface area contributed by atoms with Crippen LogP contribution in [0.5, 0.6) is 11.5 Å². The van der Waals surface area contributed by atoms with Crippen LogP contribution >= 0.6 is 0 Å². The molecule has 5 nitrogen and oxygen atoms in total. The van der Waals surface area contributed by atoms with E-state index in [0.717, 1.165) is 19.3 Å². The Bertz CT molecular complexity index is 521. The minimum Gasteiger partial charge on any atom is -0.497 e. The van der Waals surface area contributed by atoms with Crippen molar-refractivity contribution in [2.75, 3.05) is 27.4 Å². The maximum Gasteiger partial charge on any atom is 0.254 e. The van der Waals surface area contributed by atoms with E-state index in [-0.39, 0.29) is 18.1 Å². The van der Waals surface area contributed by atoms with Crippen LogP contribution in [0.1, 0.15) is 36.0 Å². The van der Waals surface area contributed by atoms with E-state index in [1.807, 2.05) is 4.90 Å². The third kappa shape index (κ3) is 2.90. The van der Waals surface area contributed by atoms with Crippen LogP contribution in [0.2, 0.25) is 0 Å². The van der Waals surface area contributed by atoms with Crippen LogP contribution in [0.25, 0.3) is 0 Å². The number of hydrogen-bond acceptors (Lipinski definition) is 4. The second-order valence-corrected chi connectivity index (χ2v) is 5.86. The fraction of sp³-hybridized carbons (Fsp3) is 0.588. The molecule has 0 spiro atoms. The van der Waals surface area contributed by atoms with Gasteiger partial charge in [0.1, 0.15) is 11.5 Å². The number of carbonyl (C=O) groups excluding carboxylic acids is 1. The number of methoxy groups -OCH3 is 2. The molecule has 0 unspecified atom stereocenters. The molecule has 0 aromatic heterocycles. The van der Waals surface area contributed by atoms with Gasteiger partial charge in [0.15, 0.2) is 0 Å². The van der Waals surface area contributed by atoms with Gasteiger partial charge in [0, 0.05) is 18.2 Å². The smallest absolute Gasteiger partial charge is 0.254 e. The quantitative estimate of drug-likeness (QED) is 0.861. The Labute approximate surface area is 131 Å². The summed E-state index contributed by atoms with van der Waals surface area (Å²) in [4.78, 5) is 14.9. The summed E-state index contributed by atoms with van der Waals surface area (Å²) in [5.74, 6) is 1.31. The maximum atomic E-state index is 13.0. The third-order valence-corrected chi connectivity index (χ3v) is 4.59. The van der Waals surface area contributed by atoms with E-state index in [4.69, 9.17) is 14.2 Å². The topological polar surface area (TPSA) is 48.0 Å². The zero-order valence-corrected chi connectivity index (χ0v) is 13.2. The van der Waals surface area contributed by atoms with Crippen molar-refractivity contribution >= 4 is 5.91 Å². The lowest BCUT2D eigenvalue weighted by Crippen LogP contribution is -2.54. The Balaban J connectivity index is 1.86. The molecule has 1 aliphatic carbocycles. The van der Waals surface area contributed by atoms with Crippen LogP contribution < -0.4 is 9.47 Å². The molecule has 1 aliphatic heterocycles. The van der Waals surface area contributed by atoms with Crippen molar-refractivity contribution < 1.29 is 19.0 Å². The first-order valence-electron chi connectivity index (χ1n) is 7.88. The van der Waals surface area contributed by atoms with Gasteiger partial charge < -0.3 is 19.1 Å². The predicted octanol–water partition coefficient (Wildman–Crippen LogP) is 2.49. The number of morpholine rings is 1. The lowest BCUT2D eigenvalue weighted by molar-refractivity contribution is -0.0752. The van der Waals surface area contributed by atoms with Crippen molar-refractivity contribution in [2.45, 2.75) is 37.8 Å². The molecule has 1 aromatic carbocycles. The van der Waals surface area contributed by atoms with E-state index < -0.39 is 0 Å². The van der Waals surface area contributed by atoms with Gasteiger partial charge in [-0.05, 0) is 25.0 Å². The van der Waals surface area contributed by atoms with Crippen LogP contribution in [0.4, 0.5) is 0 Å². The Hall–Kier alpha value is -1.75. The van der Waals surface area contributed by atoms with E-state index >= 15 is 0 Å². The first kappa shape index (κ1) is 15.2. The molecule has 120 valence electrons. The van der Waals surface area contributed by atoms with Crippen LogP contribution in [0.15, 0.2) is 18.2 Å². The van der Waals surface area contributed by atoms with Crippen molar-refractivity contribution in [3.8, 4) is 11.5 Å². The summed E-state index contributed by atoms with van der Waals surface area (Å²) in [5.41, 5.74) is 0.613. The summed E-state index contributed by atoms with van der Waals surface area (Å²) < 4.78 is 16.4. The van der Waals surface area contributed by atoms with Gasteiger partial charge in [-0.25, -0.2) is 0 Å². The van der Waals surface area contributed by atoms with E-state index in [9.17, 15) is 4.79 Å². The number of nitrogens with zero attached hydrogens (tertiary/aromatic N) is 1. The Morgan fingerprint density at radius 1 is 1.14 bits per heavy atom. The summed E-state index contributed by atoms with van der Waals surface area (Å²) >= 11 is 0. The predicted molar refractivity (Wildman–Crippen MR) is 82.6 cm³/mol. The first-order chi connectivity index (χ1) is 10.7. The summed E-state index contributed by atoms with van der Waals surface area (Å²) in [6.45, 7) is 1.27. The van der Waals surface area contributed by atoms with E-state index in [1.165, 1.54) is 6.42 Å². The normalized spacial score (nSPS) is 24.5. The van der Waals surface area contributed by atoms with Gasteiger partial charge in [0.25, 0.3) is 5.91 Å². The molecule has 1 heterocycles. The molecule has 2 atom stereocenters. The molecule has 2 fully saturated rings. The van der Waals surface area contributed by atoms with Crippen molar-refractivity contribution in [1.29, 1.82) is 0 Å². The fourth-order valence-electron chi connectivity index (χ4n) is 3.45. The lowest BCUT2D eigenvalue weighted by atomic mass is 9.89. The fourth-order valence-corrected chi connectivity index (χ4v) is 3.45. The number of fused-ring (bicyclic) bond motifs is 1. The Morgan fingerprint density at radius 2 is 1.82 bits per heavy atom. The molecule has 2 aliphatic rings. The highest BCUT2D eigenvalue weighted by Gasteiger charge is 2.37. The molecule has 0 radical (unpaired) electrons. The molecule has 0 bridgehead atoms. The zero-order chi connectivity index (χ0) is 15.5. The molecular weight excluding hydrogens is 282 g/mol. The van der Waals surface area contributed by atoms with Crippen molar-refractivity contribution in [1.82, 2.24) is 4.90 Å². The third-order valence-electron chi connectivity index (χ3n) is 4.59. The van der Waals surface area contributed by atoms with Gasteiger partial charge >= 0.3 is 0 Å². The molecule has 1 amide bonds. The van der Waals surface area contributed by atoms with Gasteiger partial charge in [-0.15, -0.1) is 0 Å². The Morgan fingerprint density at radius 3 is 2.50 bits per heavy atom. The SMILES string of the molecule is COc1cc(OC)cc(C(=O)N2CCO[C@H]3CCCC[C@@H]32)c1. The second kappa shape index (κ2) is 6.57. The molecule has 1 saturated carbocycles. The maximum absolute atomic E-state index is 13.0. The van der Waals surface area contributed by atoms with Crippen molar-refractivity contribution in [3.05, 3.63) is 23.8 Å². The lowest BCUT2D eigenvalue weighted by Gasteiger charge is -2.43. The number of benzene rings is 1. The molecule has 5 heteroatoms. The second-order valence-electron chi connectivity index (χ2n) is 5.86. The van der Waals surface area contributed by atoms with Crippen LogP contribution in [0, 0.1) is 0 Å². The summed E-state index contributed by atoms with van der Waals surface area (Å²) in [6, 6.07) is 5.53. The van der Waals surface area contributed by atoms with Crippen LogP contribution in [-0.4, -0.2) is 50.3 Å². The summed E-state index contributed by atoms with van der Waals surface area (Å²) in [5, 5.41) is 0. The number of rotatable bonds is 3. The van der Waals surface area contributed by atoms with Crippen molar-refractivity contribution in [2.24, 2.45) is 0 Å². The zero-order valence-electron chi connectivity index (χ0n) is 13.2. The average Bonchev–Trinajstić information content (AvgIpc) is 2.60. The minimum atomic E-state index is 0.0393. The average molecular weight is 305 g/mol. The first-order valence-corrected chi connectivity index (χ1v) is 7.88. The van der Waals surface area contributed by atoms with E-state index in [1.54, 1.807) is 32.4 Å². The highest BCUT2D eigenvalue weighted by molar-refractivity contribution is 5.95. The van der Waals surface area contributed by atoms with Crippen molar-refractivity contribution in [3.63, 3.8) is 0 Å². The van der Waals surface area contributed by atoms with E-state index in [0.29, 0.717) is 30.2 Å². The molecule has 3 rings (SSSR count). The van der Waals surface area contributed by atoms with Gasteiger partial charge in [-0.3, -0.25) is 4.79 Å². The van der Waals surface area contributed by atoms with Gasteiger partial charge in [-0.1, -0.05) is 12.8 Å². The van der Waals surface area contributed by atoms with Crippen LogP contribution in [-0.2, 0) is 4.74 Å². The molecule has 1 saturated heterocycles. The molecular formula is C17H23NO4. The highest BCUT2D eigenvalue weighted by atomic mass is 16.5. The largest absolute Gasteiger partial charge is 0.497 e. The van der Waals surface area contributed by atoms with Gasteiger partial charge in [-0.2, -0.15) is 0 Å². The summed E-state index contributed by atoms with van der Waals surface area (Å²) in [7, 11) is 3.18. The standard InChI is InChI=1S/C17H23NO4/c1-20-13-9-12(10-14(11-13)21-2)17(19)18-7-8-22-16-6-4-3-5-15(16)18/h9-11,15-16H,3-8H2,1-2H3/t15-,16-/m0/s1. The number of carbonyl (C=O) groups is 1.